The molecule has 2 rings (SSSR count). The van der Waals surface area contributed by atoms with Crippen LogP contribution in [0.3, 0.4) is 0 Å². The van der Waals surface area contributed by atoms with E-state index in [2.05, 4.69) is 17.3 Å². The maximum Gasteiger partial charge on any atom is 0.125 e. The number of hydrogen-bond donors (Lipinski definition) is 1. The van der Waals surface area contributed by atoms with Gasteiger partial charge in [0.2, 0.25) is 0 Å². The van der Waals surface area contributed by atoms with Crippen LogP contribution >= 0.6 is 0 Å². The van der Waals surface area contributed by atoms with Gasteiger partial charge in [0.15, 0.2) is 0 Å². The van der Waals surface area contributed by atoms with E-state index in [0.29, 0.717) is 6.04 Å². The normalized spacial score (nSPS) is 18.7. The first kappa shape index (κ1) is 11.4. The molecule has 88 valence electrons. The molecule has 3 heteroatoms. The third kappa shape index (κ3) is 2.95. The van der Waals surface area contributed by atoms with Crippen LogP contribution in [0.1, 0.15) is 18.4 Å². The number of anilines is 1. The summed E-state index contributed by atoms with van der Waals surface area (Å²) in [5.41, 5.74) is 1.88. The molecular formula is C13H19FN2. The largest absolute Gasteiger partial charge is 0.382 e. The Bertz CT molecular complexity index is 337. The third-order valence-electron chi connectivity index (χ3n) is 3.13. The summed E-state index contributed by atoms with van der Waals surface area (Å²) in [5.74, 6) is -0.157. The molecule has 0 atom stereocenters. The van der Waals surface area contributed by atoms with Gasteiger partial charge in [0.05, 0.1) is 0 Å². The highest BCUT2D eigenvalue weighted by Crippen LogP contribution is 2.18. The number of aryl methyl sites for hydroxylation is 1. The smallest absolute Gasteiger partial charge is 0.125 e. The molecule has 1 saturated heterocycles. The molecular weight excluding hydrogens is 203 g/mol. The fraction of sp³-hybridized carbons (Fsp3) is 0.538. The van der Waals surface area contributed by atoms with Crippen LogP contribution in [0, 0.1) is 12.7 Å². The van der Waals surface area contributed by atoms with Crippen molar-refractivity contribution in [1.29, 1.82) is 0 Å². The van der Waals surface area contributed by atoms with E-state index in [-0.39, 0.29) is 5.82 Å². The summed E-state index contributed by atoms with van der Waals surface area (Å²) in [6, 6.07) is 5.62. The minimum absolute atomic E-state index is 0.157. The molecule has 0 bridgehead atoms. The summed E-state index contributed by atoms with van der Waals surface area (Å²) < 4.78 is 13.2. The lowest BCUT2D eigenvalue weighted by Crippen LogP contribution is -2.36. The molecule has 0 saturated carbocycles. The van der Waals surface area contributed by atoms with Crippen molar-refractivity contribution in [2.75, 3.05) is 25.5 Å². The van der Waals surface area contributed by atoms with E-state index >= 15 is 0 Å². The summed E-state index contributed by atoms with van der Waals surface area (Å²) in [6.45, 7) is 4.15. The fourth-order valence-electron chi connectivity index (χ4n) is 2.21. The number of hydrogen-bond acceptors (Lipinski definition) is 2. The maximum atomic E-state index is 13.2. The Hall–Kier alpha value is -1.09. The van der Waals surface area contributed by atoms with Gasteiger partial charge in [-0.3, -0.25) is 0 Å². The molecule has 0 spiro atoms. The molecule has 1 aliphatic heterocycles. The summed E-state index contributed by atoms with van der Waals surface area (Å²) in [7, 11) is 2.14. The SMILES string of the molecule is Cc1cc(F)cc(NC2CCN(C)CC2)c1. The Balaban J connectivity index is 1.98. The first-order chi connectivity index (χ1) is 7.63. The summed E-state index contributed by atoms with van der Waals surface area (Å²) in [5, 5.41) is 3.42. The van der Waals surface area contributed by atoms with Crippen molar-refractivity contribution >= 4 is 5.69 Å². The average molecular weight is 222 g/mol. The van der Waals surface area contributed by atoms with E-state index in [4.69, 9.17) is 0 Å². The van der Waals surface area contributed by atoms with Gasteiger partial charge in [0.1, 0.15) is 5.82 Å². The minimum atomic E-state index is -0.157. The quantitative estimate of drug-likeness (QED) is 0.827. The Kier molecular flexibility index (Phi) is 3.44. The van der Waals surface area contributed by atoms with Gasteiger partial charge in [-0.25, -0.2) is 4.39 Å². The highest BCUT2D eigenvalue weighted by molar-refractivity contribution is 5.46. The monoisotopic (exact) mass is 222 g/mol. The maximum absolute atomic E-state index is 13.2. The van der Waals surface area contributed by atoms with Crippen molar-refractivity contribution in [1.82, 2.24) is 4.90 Å². The highest BCUT2D eigenvalue weighted by Gasteiger charge is 2.16. The van der Waals surface area contributed by atoms with Gasteiger partial charge in [-0.05, 0) is 63.7 Å². The molecule has 1 aromatic carbocycles. The molecule has 1 aromatic rings. The lowest BCUT2D eigenvalue weighted by Gasteiger charge is -2.30. The van der Waals surface area contributed by atoms with Gasteiger partial charge in [-0.2, -0.15) is 0 Å². The van der Waals surface area contributed by atoms with Crippen LogP contribution in [0.2, 0.25) is 0 Å². The van der Waals surface area contributed by atoms with Crippen LogP contribution < -0.4 is 5.32 Å². The molecule has 0 aliphatic carbocycles. The Morgan fingerprint density at radius 2 is 1.94 bits per heavy atom. The number of piperidine rings is 1. The van der Waals surface area contributed by atoms with Crippen molar-refractivity contribution < 1.29 is 4.39 Å². The van der Waals surface area contributed by atoms with Crippen molar-refractivity contribution in [2.24, 2.45) is 0 Å². The molecule has 16 heavy (non-hydrogen) atoms. The van der Waals surface area contributed by atoms with Crippen LogP contribution in [0.25, 0.3) is 0 Å². The van der Waals surface area contributed by atoms with Gasteiger partial charge >= 0.3 is 0 Å². The lowest BCUT2D eigenvalue weighted by molar-refractivity contribution is 0.264. The minimum Gasteiger partial charge on any atom is -0.382 e. The zero-order valence-corrected chi connectivity index (χ0v) is 9.96. The topological polar surface area (TPSA) is 15.3 Å². The summed E-state index contributed by atoms with van der Waals surface area (Å²) in [4.78, 5) is 2.33. The Morgan fingerprint density at radius 3 is 2.56 bits per heavy atom. The lowest BCUT2D eigenvalue weighted by atomic mass is 10.0. The van der Waals surface area contributed by atoms with Crippen LogP contribution in [-0.2, 0) is 0 Å². The second-order valence-electron chi connectivity index (χ2n) is 4.74. The first-order valence-electron chi connectivity index (χ1n) is 5.86. The van der Waals surface area contributed by atoms with E-state index < -0.39 is 0 Å². The number of likely N-dealkylation sites (tertiary alicyclic amines) is 1. The molecule has 1 fully saturated rings. The predicted molar refractivity (Wildman–Crippen MR) is 65.3 cm³/mol. The van der Waals surface area contributed by atoms with E-state index in [9.17, 15) is 4.39 Å². The van der Waals surface area contributed by atoms with E-state index in [1.54, 1.807) is 12.1 Å². The second-order valence-corrected chi connectivity index (χ2v) is 4.74. The number of rotatable bonds is 2. The number of nitrogens with one attached hydrogen (secondary N) is 1. The Morgan fingerprint density at radius 1 is 1.25 bits per heavy atom. The van der Waals surface area contributed by atoms with Crippen molar-refractivity contribution in [3.63, 3.8) is 0 Å². The van der Waals surface area contributed by atoms with Crippen LogP contribution in [0.15, 0.2) is 18.2 Å². The molecule has 0 radical (unpaired) electrons. The fourth-order valence-corrected chi connectivity index (χ4v) is 2.21. The van der Waals surface area contributed by atoms with Gasteiger partial charge in [-0.1, -0.05) is 0 Å². The molecule has 1 N–H and O–H groups in total. The van der Waals surface area contributed by atoms with Crippen LogP contribution in [0.5, 0.6) is 0 Å². The van der Waals surface area contributed by atoms with Crippen molar-refractivity contribution in [3.05, 3.63) is 29.6 Å². The van der Waals surface area contributed by atoms with Gasteiger partial charge in [0, 0.05) is 11.7 Å². The molecule has 2 nitrogen and oxygen atoms in total. The molecule has 0 aromatic heterocycles. The van der Waals surface area contributed by atoms with E-state index in [1.165, 1.54) is 0 Å². The molecule has 0 unspecified atom stereocenters. The zero-order chi connectivity index (χ0) is 11.5. The molecule has 0 amide bonds. The third-order valence-corrected chi connectivity index (χ3v) is 3.13. The summed E-state index contributed by atoms with van der Waals surface area (Å²) in [6.07, 6.45) is 2.26. The molecule has 1 aliphatic rings. The van der Waals surface area contributed by atoms with Crippen molar-refractivity contribution in [2.45, 2.75) is 25.8 Å². The zero-order valence-electron chi connectivity index (χ0n) is 9.96. The van der Waals surface area contributed by atoms with Gasteiger partial charge in [0.25, 0.3) is 0 Å². The van der Waals surface area contributed by atoms with Crippen LogP contribution in [-0.4, -0.2) is 31.1 Å². The predicted octanol–water partition coefficient (Wildman–Crippen LogP) is 2.64. The number of nitrogens with zero attached hydrogens (tertiary/aromatic N) is 1. The first-order valence-corrected chi connectivity index (χ1v) is 5.86. The number of benzene rings is 1. The highest BCUT2D eigenvalue weighted by atomic mass is 19.1. The average Bonchev–Trinajstić information content (AvgIpc) is 2.20. The van der Waals surface area contributed by atoms with Gasteiger partial charge in [-0.15, -0.1) is 0 Å². The second kappa shape index (κ2) is 4.83. The van der Waals surface area contributed by atoms with Crippen molar-refractivity contribution in [3.8, 4) is 0 Å². The standard InChI is InChI=1S/C13H19FN2/c1-10-7-11(14)9-13(8-10)15-12-3-5-16(2)6-4-12/h7-9,12,15H,3-6H2,1-2H3. The van der Waals surface area contributed by atoms with Crippen LogP contribution in [0.4, 0.5) is 10.1 Å². The summed E-state index contributed by atoms with van der Waals surface area (Å²) >= 11 is 0. The van der Waals surface area contributed by atoms with Gasteiger partial charge < -0.3 is 10.2 Å². The van der Waals surface area contributed by atoms with E-state index in [0.717, 1.165) is 37.2 Å². The Labute approximate surface area is 96.5 Å². The van der Waals surface area contributed by atoms with E-state index in [1.807, 2.05) is 13.0 Å². The number of halogens is 1. The molecule has 1 heterocycles.